The molecule has 0 unspecified atom stereocenters. The second kappa shape index (κ2) is 22.3. The molecule has 180 valence electrons. The third kappa shape index (κ3) is 17.8. The monoisotopic (exact) mass is 462 g/mol. The highest BCUT2D eigenvalue weighted by molar-refractivity contribution is 8.14. The van der Waals surface area contributed by atoms with Gasteiger partial charge in [0, 0.05) is 27.8 Å². The minimum Gasteiger partial charge on any atom is -0.376 e. The Labute approximate surface area is 193 Å². The van der Waals surface area contributed by atoms with Gasteiger partial charge >= 0.3 is 8.80 Å². The van der Waals surface area contributed by atoms with Crippen LogP contribution in [0.1, 0.15) is 122 Å². The van der Waals surface area contributed by atoms with Crippen molar-refractivity contribution in [3.05, 3.63) is 0 Å². The standard InChI is InChI=1S/C24H50O4SSi/c1-5-6-7-8-9-10-11-12-13-14-15-16-17-18-19-20-21-22-24(25)29-23-30(26-2,27-3)28-4/h5-23H2,1-4H3. The van der Waals surface area contributed by atoms with E-state index < -0.39 is 8.80 Å². The molecule has 0 rings (SSSR count). The van der Waals surface area contributed by atoms with Gasteiger partial charge in [0.1, 0.15) is 0 Å². The Hall–Kier alpha value is 0.117. The normalized spacial score (nSPS) is 11.9. The van der Waals surface area contributed by atoms with E-state index in [1.165, 1.54) is 108 Å². The lowest BCUT2D eigenvalue weighted by molar-refractivity contribution is -0.111. The van der Waals surface area contributed by atoms with Crippen LogP contribution in [0.5, 0.6) is 0 Å². The smallest absolute Gasteiger partial charge is 0.376 e. The van der Waals surface area contributed by atoms with Crippen molar-refractivity contribution in [1.82, 2.24) is 0 Å². The summed E-state index contributed by atoms with van der Waals surface area (Å²) in [7, 11) is 2.12. The topological polar surface area (TPSA) is 44.8 Å². The zero-order chi connectivity index (χ0) is 22.3. The molecule has 0 aromatic carbocycles. The van der Waals surface area contributed by atoms with Crippen molar-refractivity contribution in [2.75, 3.05) is 26.7 Å². The van der Waals surface area contributed by atoms with Gasteiger partial charge in [-0.05, 0) is 6.42 Å². The van der Waals surface area contributed by atoms with Gasteiger partial charge in [-0.1, -0.05) is 121 Å². The molecule has 0 aromatic heterocycles. The summed E-state index contributed by atoms with van der Waals surface area (Å²) < 4.78 is 16.0. The fourth-order valence-corrected chi connectivity index (χ4v) is 7.22. The van der Waals surface area contributed by atoms with Gasteiger partial charge in [-0.25, -0.2) is 0 Å². The van der Waals surface area contributed by atoms with Crippen LogP contribution in [-0.2, 0) is 18.1 Å². The Morgan fingerprint density at radius 1 is 0.600 bits per heavy atom. The Kier molecular flexibility index (Phi) is 22.4. The number of carbonyl (C=O) groups is 1. The largest absolute Gasteiger partial charge is 0.511 e. The Balaban J connectivity index is 3.32. The molecule has 4 nitrogen and oxygen atoms in total. The summed E-state index contributed by atoms with van der Waals surface area (Å²) in [4.78, 5) is 12.0. The van der Waals surface area contributed by atoms with E-state index in [1.54, 1.807) is 21.3 Å². The predicted octanol–water partition coefficient (Wildman–Crippen LogP) is 7.71. The van der Waals surface area contributed by atoms with E-state index in [0.717, 1.165) is 12.8 Å². The SMILES string of the molecule is CCCCCCCCCCCCCCCCCCCC(=O)SC[Si](OC)(OC)OC. The molecule has 0 aliphatic rings. The first-order chi connectivity index (χ1) is 14.6. The number of carbonyl (C=O) groups excluding carboxylic acids is 1. The Bertz CT molecular complexity index is 370. The summed E-state index contributed by atoms with van der Waals surface area (Å²) in [5, 5.41) is 0.716. The van der Waals surface area contributed by atoms with Crippen molar-refractivity contribution in [3.8, 4) is 0 Å². The summed E-state index contributed by atoms with van der Waals surface area (Å²) in [6, 6.07) is 0. The molecular formula is C24H50O4SSi. The molecule has 0 radical (unpaired) electrons. The molecule has 0 spiro atoms. The van der Waals surface area contributed by atoms with E-state index in [-0.39, 0.29) is 5.12 Å². The quantitative estimate of drug-likeness (QED) is 0.115. The van der Waals surface area contributed by atoms with Crippen LogP contribution in [0, 0.1) is 0 Å². The van der Waals surface area contributed by atoms with E-state index in [9.17, 15) is 4.79 Å². The van der Waals surface area contributed by atoms with Crippen LogP contribution in [0.4, 0.5) is 0 Å². The van der Waals surface area contributed by atoms with E-state index in [1.807, 2.05) is 0 Å². The molecule has 6 heteroatoms. The van der Waals surface area contributed by atoms with Gasteiger partial charge in [0.05, 0.1) is 5.38 Å². The number of hydrogen-bond acceptors (Lipinski definition) is 5. The van der Waals surface area contributed by atoms with Crippen molar-refractivity contribution in [2.45, 2.75) is 122 Å². The minimum atomic E-state index is -2.63. The molecule has 0 saturated heterocycles. The predicted molar refractivity (Wildman–Crippen MR) is 133 cm³/mol. The molecule has 0 aliphatic heterocycles. The summed E-state index contributed by atoms with van der Waals surface area (Å²) in [6.45, 7) is 2.28. The first-order valence-electron chi connectivity index (χ1n) is 12.4. The van der Waals surface area contributed by atoms with Crippen molar-refractivity contribution < 1.29 is 18.1 Å². The maximum atomic E-state index is 12.0. The number of thioether (sulfide) groups is 1. The molecule has 0 saturated carbocycles. The number of hydrogen-bond donors (Lipinski definition) is 0. The highest BCUT2D eigenvalue weighted by Gasteiger charge is 2.38. The molecule has 0 aromatic rings. The maximum absolute atomic E-state index is 12.0. The maximum Gasteiger partial charge on any atom is 0.511 e. The molecule has 0 fully saturated rings. The van der Waals surface area contributed by atoms with E-state index in [0.29, 0.717) is 11.8 Å². The van der Waals surface area contributed by atoms with Crippen LogP contribution in [0.15, 0.2) is 0 Å². The molecular weight excluding hydrogens is 412 g/mol. The van der Waals surface area contributed by atoms with Crippen molar-refractivity contribution in [1.29, 1.82) is 0 Å². The van der Waals surface area contributed by atoms with Gasteiger partial charge in [-0.15, -0.1) is 0 Å². The van der Waals surface area contributed by atoms with Gasteiger partial charge in [0.15, 0.2) is 5.12 Å². The second-order valence-corrected chi connectivity index (χ2v) is 12.9. The highest BCUT2D eigenvalue weighted by atomic mass is 32.2. The number of unbranched alkanes of at least 4 members (excludes halogenated alkanes) is 16. The van der Waals surface area contributed by atoms with Crippen molar-refractivity contribution in [3.63, 3.8) is 0 Å². The average Bonchev–Trinajstić information content (AvgIpc) is 2.77. The van der Waals surface area contributed by atoms with E-state index in [4.69, 9.17) is 13.3 Å². The molecule has 0 amide bonds. The highest BCUT2D eigenvalue weighted by Crippen LogP contribution is 2.19. The lowest BCUT2D eigenvalue weighted by Crippen LogP contribution is -2.46. The summed E-state index contributed by atoms with van der Waals surface area (Å²) in [5.41, 5.74) is 0. The minimum absolute atomic E-state index is 0.221. The third-order valence-electron chi connectivity index (χ3n) is 5.83. The van der Waals surface area contributed by atoms with Gasteiger partial charge in [0.2, 0.25) is 0 Å². The first kappa shape index (κ1) is 30.1. The zero-order valence-corrected chi connectivity index (χ0v) is 22.3. The fourth-order valence-electron chi connectivity index (χ4n) is 3.66. The molecule has 0 aliphatic carbocycles. The lowest BCUT2D eigenvalue weighted by Gasteiger charge is -2.23. The van der Waals surface area contributed by atoms with Gasteiger partial charge in [-0.3, -0.25) is 4.79 Å². The van der Waals surface area contributed by atoms with Crippen LogP contribution in [-0.4, -0.2) is 40.6 Å². The number of rotatable bonds is 23. The van der Waals surface area contributed by atoms with E-state index in [2.05, 4.69) is 6.92 Å². The van der Waals surface area contributed by atoms with Crippen molar-refractivity contribution in [2.24, 2.45) is 0 Å². The van der Waals surface area contributed by atoms with Crippen molar-refractivity contribution >= 4 is 25.7 Å². The summed E-state index contributed by atoms with van der Waals surface area (Å²) in [5.74, 6) is 0. The molecule has 0 atom stereocenters. The van der Waals surface area contributed by atoms with Crippen LogP contribution in [0.25, 0.3) is 0 Å². The summed E-state index contributed by atoms with van der Waals surface area (Å²) in [6.07, 6.45) is 23.7. The second-order valence-electron chi connectivity index (χ2n) is 8.36. The fraction of sp³-hybridized carbons (Fsp3) is 0.958. The molecule has 0 heterocycles. The van der Waals surface area contributed by atoms with Crippen LogP contribution in [0.2, 0.25) is 0 Å². The Morgan fingerprint density at radius 2 is 0.933 bits per heavy atom. The van der Waals surface area contributed by atoms with Crippen LogP contribution in [0.3, 0.4) is 0 Å². The van der Waals surface area contributed by atoms with Crippen LogP contribution < -0.4 is 0 Å². The van der Waals surface area contributed by atoms with Crippen LogP contribution >= 0.6 is 11.8 Å². The average molecular weight is 463 g/mol. The van der Waals surface area contributed by atoms with Gasteiger partial charge in [0.25, 0.3) is 0 Å². The van der Waals surface area contributed by atoms with Gasteiger partial charge < -0.3 is 13.3 Å². The molecule has 30 heavy (non-hydrogen) atoms. The molecule has 0 bridgehead atoms. The third-order valence-corrected chi connectivity index (χ3v) is 10.2. The first-order valence-corrected chi connectivity index (χ1v) is 15.4. The Morgan fingerprint density at radius 3 is 1.27 bits per heavy atom. The zero-order valence-electron chi connectivity index (χ0n) is 20.5. The lowest BCUT2D eigenvalue weighted by atomic mass is 10.0. The summed E-state index contributed by atoms with van der Waals surface area (Å²) >= 11 is 1.29. The van der Waals surface area contributed by atoms with E-state index >= 15 is 0 Å². The van der Waals surface area contributed by atoms with Gasteiger partial charge in [-0.2, -0.15) is 0 Å². The molecule has 0 N–H and O–H groups in total.